The Morgan fingerprint density at radius 3 is 2.50 bits per heavy atom. The van der Waals surface area contributed by atoms with Crippen LogP contribution >= 0.6 is 0 Å². The number of rotatable bonds is 2. The topological polar surface area (TPSA) is 93.5 Å². The van der Waals surface area contributed by atoms with Gasteiger partial charge >= 0.3 is 11.8 Å². The van der Waals surface area contributed by atoms with Gasteiger partial charge in [0.05, 0.1) is 13.2 Å². The van der Waals surface area contributed by atoms with Crippen molar-refractivity contribution in [3.8, 4) is 0 Å². The first-order valence-corrected chi connectivity index (χ1v) is 4.60. The average Bonchev–Trinajstić information content (AvgIpc) is 2.63. The van der Waals surface area contributed by atoms with Gasteiger partial charge in [0, 0.05) is 6.54 Å². The van der Waals surface area contributed by atoms with E-state index in [1.165, 1.54) is 0 Å². The molecular formula is C8H13N3O3. The van der Waals surface area contributed by atoms with Crippen LogP contribution in [0.5, 0.6) is 0 Å². The fourth-order valence-electron chi connectivity index (χ4n) is 2.02. The highest BCUT2D eigenvalue weighted by Gasteiger charge is 2.53. The zero-order chi connectivity index (χ0) is 10.1. The van der Waals surface area contributed by atoms with E-state index in [9.17, 15) is 9.59 Å². The van der Waals surface area contributed by atoms with Crippen LogP contribution in [0, 0.1) is 17.8 Å². The number of carbonyl (C=O) groups is 2. The molecule has 1 aliphatic heterocycles. The largest absolute Gasteiger partial charge is 0.381 e. The maximum Gasteiger partial charge on any atom is 0.323 e. The summed E-state index contributed by atoms with van der Waals surface area (Å²) in [5.41, 5.74) is 1.78. The molecule has 6 heteroatoms. The first kappa shape index (κ1) is 9.42. The van der Waals surface area contributed by atoms with Gasteiger partial charge in [-0.1, -0.05) is 0 Å². The van der Waals surface area contributed by atoms with E-state index in [-0.39, 0.29) is 0 Å². The Labute approximate surface area is 81.1 Å². The highest BCUT2D eigenvalue weighted by molar-refractivity contribution is 6.34. The van der Waals surface area contributed by atoms with Gasteiger partial charge in [-0.15, -0.1) is 0 Å². The molecule has 6 nitrogen and oxygen atoms in total. The first-order chi connectivity index (χ1) is 6.74. The van der Waals surface area contributed by atoms with Crippen molar-refractivity contribution in [1.82, 2.24) is 10.7 Å². The molecule has 0 bridgehead atoms. The third kappa shape index (κ3) is 1.58. The lowest BCUT2D eigenvalue weighted by Crippen LogP contribution is -2.43. The molecule has 0 aromatic carbocycles. The molecule has 1 saturated heterocycles. The second kappa shape index (κ2) is 3.55. The van der Waals surface area contributed by atoms with Gasteiger partial charge in [0.1, 0.15) is 0 Å². The van der Waals surface area contributed by atoms with E-state index in [0.717, 1.165) is 13.2 Å². The summed E-state index contributed by atoms with van der Waals surface area (Å²) >= 11 is 0. The molecule has 1 aliphatic carbocycles. The molecule has 4 N–H and O–H groups in total. The van der Waals surface area contributed by atoms with Gasteiger partial charge in [-0.05, 0) is 17.8 Å². The highest BCUT2D eigenvalue weighted by Crippen LogP contribution is 2.50. The zero-order valence-corrected chi connectivity index (χ0v) is 7.66. The van der Waals surface area contributed by atoms with Crippen LogP contribution in [0.4, 0.5) is 0 Å². The molecule has 2 unspecified atom stereocenters. The molecule has 2 amide bonds. The molecule has 2 atom stereocenters. The molecule has 0 spiro atoms. The number of hydrazine groups is 1. The van der Waals surface area contributed by atoms with Gasteiger partial charge in [0.15, 0.2) is 0 Å². The minimum Gasteiger partial charge on any atom is -0.381 e. The Hall–Kier alpha value is -1.14. The number of ether oxygens (including phenoxy) is 1. The molecule has 2 aliphatic rings. The molecule has 0 aromatic heterocycles. The van der Waals surface area contributed by atoms with Gasteiger partial charge in [-0.3, -0.25) is 15.0 Å². The normalized spacial score (nSPS) is 33.4. The third-order valence-corrected chi connectivity index (χ3v) is 2.97. The second-order valence-electron chi connectivity index (χ2n) is 3.71. The second-order valence-corrected chi connectivity index (χ2v) is 3.71. The van der Waals surface area contributed by atoms with Crippen molar-refractivity contribution in [3.05, 3.63) is 0 Å². The van der Waals surface area contributed by atoms with E-state index < -0.39 is 11.8 Å². The van der Waals surface area contributed by atoms with E-state index >= 15 is 0 Å². The third-order valence-electron chi connectivity index (χ3n) is 2.97. The molecule has 2 fully saturated rings. The van der Waals surface area contributed by atoms with Crippen molar-refractivity contribution in [2.24, 2.45) is 23.6 Å². The minimum atomic E-state index is -0.799. The zero-order valence-electron chi connectivity index (χ0n) is 7.66. The molecule has 14 heavy (non-hydrogen) atoms. The highest BCUT2D eigenvalue weighted by atomic mass is 16.5. The van der Waals surface area contributed by atoms with Gasteiger partial charge < -0.3 is 10.1 Å². The first-order valence-electron chi connectivity index (χ1n) is 4.60. The van der Waals surface area contributed by atoms with Crippen molar-refractivity contribution in [2.75, 3.05) is 19.8 Å². The van der Waals surface area contributed by atoms with Crippen LogP contribution < -0.4 is 16.6 Å². The Morgan fingerprint density at radius 1 is 1.29 bits per heavy atom. The number of hydrogen-bond donors (Lipinski definition) is 3. The van der Waals surface area contributed by atoms with Crippen LogP contribution in [0.15, 0.2) is 0 Å². The molecule has 2 rings (SSSR count). The fraction of sp³-hybridized carbons (Fsp3) is 0.750. The summed E-state index contributed by atoms with van der Waals surface area (Å²) in [4.78, 5) is 21.7. The minimum absolute atomic E-state index is 0.485. The van der Waals surface area contributed by atoms with E-state index in [1.807, 2.05) is 0 Å². The predicted octanol–water partition coefficient (Wildman–Crippen LogP) is -2.02. The Morgan fingerprint density at radius 2 is 1.93 bits per heavy atom. The number of hydrogen-bond acceptors (Lipinski definition) is 4. The van der Waals surface area contributed by atoms with Crippen LogP contribution in [-0.2, 0) is 14.3 Å². The fourth-order valence-corrected chi connectivity index (χ4v) is 2.02. The summed E-state index contributed by atoms with van der Waals surface area (Å²) in [7, 11) is 0. The van der Waals surface area contributed by atoms with E-state index in [4.69, 9.17) is 10.6 Å². The number of nitrogens with one attached hydrogen (secondary N) is 2. The summed E-state index contributed by atoms with van der Waals surface area (Å²) < 4.78 is 5.20. The van der Waals surface area contributed by atoms with Gasteiger partial charge in [0.2, 0.25) is 0 Å². The van der Waals surface area contributed by atoms with E-state index in [1.54, 1.807) is 5.43 Å². The van der Waals surface area contributed by atoms with E-state index in [0.29, 0.717) is 24.3 Å². The Bertz CT molecular complexity index is 259. The standard InChI is InChI=1S/C8H13N3O3/c9-11-8(13)7(12)10-1-4-5-2-14-3-6(4)5/h4-6H,1-3,9H2,(H,10,12)(H,11,13). The van der Waals surface area contributed by atoms with Crippen molar-refractivity contribution in [2.45, 2.75) is 0 Å². The average molecular weight is 199 g/mol. The van der Waals surface area contributed by atoms with Gasteiger partial charge in [0.25, 0.3) is 0 Å². The van der Waals surface area contributed by atoms with Crippen LogP contribution in [0.1, 0.15) is 0 Å². The van der Waals surface area contributed by atoms with Crippen LogP contribution in [0.2, 0.25) is 0 Å². The van der Waals surface area contributed by atoms with Crippen molar-refractivity contribution in [1.29, 1.82) is 0 Å². The summed E-state index contributed by atoms with van der Waals surface area (Å²) in [6.45, 7) is 2.12. The summed E-state index contributed by atoms with van der Waals surface area (Å²) in [6.07, 6.45) is 0. The van der Waals surface area contributed by atoms with Crippen molar-refractivity contribution < 1.29 is 14.3 Å². The van der Waals surface area contributed by atoms with Crippen molar-refractivity contribution >= 4 is 11.8 Å². The molecule has 1 heterocycles. The van der Waals surface area contributed by atoms with Gasteiger partial charge in [-0.2, -0.15) is 0 Å². The summed E-state index contributed by atoms with van der Waals surface area (Å²) in [5, 5.41) is 2.54. The monoisotopic (exact) mass is 199 g/mol. The van der Waals surface area contributed by atoms with Crippen molar-refractivity contribution in [3.63, 3.8) is 0 Å². The number of amides is 2. The summed E-state index contributed by atoms with van der Waals surface area (Å²) in [6, 6.07) is 0. The lowest BCUT2D eigenvalue weighted by atomic mass is 10.3. The number of fused-ring (bicyclic) bond motifs is 1. The van der Waals surface area contributed by atoms with Crippen LogP contribution in [-0.4, -0.2) is 31.6 Å². The predicted molar refractivity (Wildman–Crippen MR) is 46.6 cm³/mol. The quantitative estimate of drug-likeness (QED) is 0.207. The van der Waals surface area contributed by atoms with Crippen LogP contribution in [0.25, 0.3) is 0 Å². The van der Waals surface area contributed by atoms with Gasteiger partial charge in [-0.25, -0.2) is 5.84 Å². The lowest BCUT2D eigenvalue weighted by molar-refractivity contribution is -0.139. The van der Waals surface area contributed by atoms with E-state index in [2.05, 4.69) is 5.32 Å². The molecular weight excluding hydrogens is 186 g/mol. The maximum absolute atomic E-state index is 11.0. The van der Waals surface area contributed by atoms with Crippen LogP contribution in [0.3, 0.4) is 0 Å². The molecule has 0 aromatic rings. The Balaban J connectivity index is 1.69. The smallest absolute Gasteiger partial charge is 0.323 e. The molecule has 78 valence electrons. The number of nitrogens with two attached hydrogens (primary N) is 1. The lowest BCUT2D eigenvalue weighted by Gasteiger charge is -2.05. The summed E-state index contributed by atoms with van der Waals surface area (Å²) in [5.74, 6) is 4.98. The maximum atomic E-state index is 11.0. The SMILES string of the molecule is NNC(=O)C(=O)NCC1C2COCC12. The molecule has 1 saturated carbocycles. The number of carbonyl (C=O) groups excluding carboxylic acids is 2. The Kier molecular flexibility index (Phi) is 2.39. The molecule has 0 radical (unpaired) electrons.